The van der Waals surface area contributed by atoms with Crippen molar-refractivity contribution in [2.75, 3.05) is 31.1 Å². The number of imidazole rings is 1. The Balaban J connectivity index is 1.42. The molecule has 0 bridgehead atoms. The van der Waals surface area contributed by atoms with Crippen LogP contribution in [0.25, 0.3) is 49.7 Å². The molecule has 8 heteroatoms. The largest absolute Gasteiger partial charge is 0.367 e. The lowest BCUT2D eigenvalue weighted by Gasteiger charge is -2.29. The average molecular weight is 505 g/mol. The molecule has 0 aliphatic carbocycles. The molecule has 1 saturated heterocycles. The van der Waals surface area contributed by atoms with E-state index in [1.807, 2.05) is 59.6 Å². The number of pyridine rings is 2. The highest BCUT2D eigenvalue weighted by atomic mass is 19.1. The second-order valence-corrected chi connectivity index (χ2v) is 9.69. The fourth-order valence-corrected chi connectivity index (χ4v) is 5.44. The van der Waals surface area contributed by atoms with Crippen LogP contribution in [0.15, 0.2) is 83.9 Å². The molecule has 1 aliphatic rings. The number of para-hydroxylation sites is 1. The van der Waals surface area contributed by atoms with Crippen molar-refractivity contribution in [1.29, 1.82) is 0 Å². The second-order valence-electron chi connectivity index (χ2n) is 9.69. The number of rotatable bonds is 3. The van der Waals surface area contributed by atoms with E-state index in [0.29, 0.717) is 22.4 Å². The van der Waals surface area contributed by atoms with Gasteiger partial charge in [0.25, 0.3) is 0 Å². The molecule has 0 spiro atoms. The summed E-state index contributed by atoms with van der Waals surface area (Å²) in [7, 11) is 1.72. The number of piperazine rings is 1. The van der Waals surface area contributed by atoms with Crippen molar-refractivity contribution in [2.45, 2.75) is 0 Å². The van der Waals surface area contributed by atoms with Gasteiger partial charge >= 0.3 is 5.69 Å². The summed E-state index contributed by atoms with van der Waals surface area (Å²) in [4.78, 5) is 24.7. The first-order valence-corrected chi connectivity index (χ1v) is 12.7. The Labute approximate surface area is 217 Å². The van der Waals surface area contributed by atoms with Crippen molar-refractivity contribution in [3.05, 3.63) is 95.4 Å². The Bertz CT molecular complexity index is 1920. The maximum Gasteiger partial charge on any atom is 0.333 e. The number of hydrogen-bond acceptors (Lipinski definition) is 5. The Morgan fingerprint density at radius 1 is 0.868 bits per heavy atom. The summed E-state index contributed by atoms with van der Waals surface area (Å²) < 4.78 is 18.5. The van der Waals surface area contributed by atoms with Crippen LogP contribution >= 0.6 is 0 Å². The van der Waals surface area contributed by atoms with Gasteiger partial charge in [-0.1, -0.05) is 24.3 Å². The zero-order chi connectivity index (χ0) is 25.8. The monoisotopic (exact) mass is 504 g/mol. The smallest absolute Gasteiger partial charge is 0.333 e. The number of halogens is 1. The second kappa shape index (κ2) is 8.78. The van der Waals surface area contributed by atoms with Gasteiger partial charge in [-0.25, -0.2) is 9.18 Å². The van der Waals surface area contributed by atoms with Crippen molar-refractivity contribution >= 4 is 38.5 Å². The number of benzene rings is 3. The van der Waals surface area contributed by atoms with Gasteiger partial charge in [0.05, 0.1) is 39.6 Å². The van der Waals surface area contributed by atoms with Crippen LogP contribution in [-0.4, -0.2) is 45.3 Å². The van der Waals surface area contributed by atoms with Gasteiger partial charge in [-0.15, -0.1) is 0 Å². The van der Waals surface area contributed by atoms with E-state index in [9.17, 15) is 4.79 Å². The number of aromatic nitrogens is 4. The number of aryl methyl sites for hydroxylation is 1. The number of anilines is 1. The van der Waals surface area contributed by atoms with Gasteiger partial charge in [-0.2, -0.15) is 0 Å². The molecule has 3 aromatic heterocycles. The molecule has 7 rings (SSSR count). The summed E-state index contributed by atoms with van der Waals surface area (Å²) in [6.07, 6.45) is 3.57. The van der Waals surface area contributed by atoms with Gasteiger partial charge < -0.3 is 10.2 Å². The van der Waals surface area contributed by atoms with E-state index in [2.05, 4.69) is 21.4 Å². The van der Waals surface area contributed by atoms with Crippen LogP contribution in [0.3, 0.4) is 0 Å². The van der Waals surface area contributed by atoms with Crippen molar-refractivity contribution in [1.82, 2.24) is 24.4 Å². The van der Waals surface area contributed by atoms with E-state index < -0.39 is 0 Å². The quantitative estimate of drug-likeness (QED) is 0.380. The molecule has 38 heavy (non-hydrogen) atoms. The predicted octanol–water partition coefficient (Wildman–Crippen LogP) is 4.64. The first kappa shape index (κ1) is 22.6. The minimum absolute atomic E-state index is 0.249. The van der Waals surface area contributed by atoms with Gasteiger partial charge in [-0.05, 0) is 42.0 Å². The van der Waals surface area contributed by atoms with Crippen LogP contribution in [0, 0.1) is 5.82 Å². The lowest BCUT2D eigenvalue weighted by atomic mass is 10.0. The van der Waals surface area contributed by atoms with Crippen molar-refractivity contribution in [2.24, 2.45) is 7.05 Å². The van der Waals surface area contributed by atoms with E-state index in [1.54, 1.807) is 28.4 Å². The van der Waals surface area contributed by atoms with E-state index in [4.69, 9.17) is 0 Å². The highest BCUT2D eigenvalue weighted by molar-refractivity contribution is 6.05. The van der Waals surface area contributed by atoms with E-state index in [0.717, 1.165) is 59.1 Å². The van der Waals surface area contributed by atoms with Crippen LogP contribution in [0.1, 0.15) is 0 Å². The molecule has 1 fully saturated rings. The van der Waals surface area contributed by atoms with Gasteiger partial charge in [0.2, 0.25) is 0 Å². The number of hydrogen-bond donors (Lipinski definition) is 1. The third kappa shape index (κ3) is 3.56. The first-order valence-electron chi connectivity index (χ1n) is 12.7. The average Bonchev–Trinajstić information content (AvgIpc) is 3.22. The summed E-state index contributed by atoms with van der Waals surface area (Å²) in [5, 5.41) is 5.16. The normalized spacial score (nSPS) is 14.1. The molecule has 6 aromatic rings. The van der Waals surface area contributed by atoms with Gasteiger partial charge in [0.15, 0.2) is 0 Å². The molecule has 0 saturated carbocycles. The summed E-state index contributed by atoms with van der Waals surface area (Å²) >= 11 is 0. The topological polar surface area (TPSA) is 68.0 Å². The Kier molecular flexibility index (Phi) is 5.23. The van der Waals surface area contributed by atoms with Crippen molar-refractivity contribution in [3.8, 4) is 16.8 Å². The number of nitrogens with one attached hydrogen (secondary N) is 1. The third-order valence-corrected chi connectivity index (χ3v) is 7.45. The summed E-state index contributed by atoms with van der Waals surface area (Å²) in [6.45, 7) is 3.12. The zero-order valence-corrected chi connectivity index (χ0v) is 20.9. The number of fused-ring (bicyclic) bond motifs is 4. The molecule has 4 heterocycles. The summed E-state index contributed by atoms with van der Waals surface area (Å²) in [5.41, 5.74) is 5.81. The lowest BCUT2D eigenvalue weighted by molar-refractivity contribution is 0.566. The molecule has 1 N–H and O–H groups in total. The summed E-state index contributed by atoms with van der Waals surface area (Å²) in [6, 6.07) is 21.2. The minimum atomic E-state index is -0.338. The molecule has 3 aromatic carbocycles. The standard InChI is InChI=1S/C30H25FN6O/c1-35-28-18-34-26-8-6-19(21-14-20-4-2-3-5-25(20)33-17-21)15-23(26)29(28)37(30(35)38)22-7-9-27(24(31)16-22)36-12-10-32-11-13-36/h2-9,14-18,32H,10-13H2,1H3. The van der Waals surface area contributed by atoms with Gasteiger partial charge in [0.1, 0.15) is 5.82 Å². The molecule has 7 nitrogen and oxygen atoms in total. The molecule has 1 aliphatic heterocycles. The van der Waals surface area contributed by atoms with Gasteiger partial charge in [0, 0.05) is 61.8 Å². The fraction of sp³-hybridized carbons (Fsp3) is 0.167. The summed E-state index contributed by atoms with van der Waals surface area (Å²) in [5.74, 6) is -0.338. The van der Waals surface area contributed by atoms with Crippen LogP contribution in [-0.2, 0) is 7.05 Å². The molecule has 0 amide bonds. The maximum absolute atomic E-state index is 15.4. The zero-order valence-electron chi connectivity index (χ0n) is 20.9. The molecule has 0 atom stereocenters. The highest BCUT2D eigenvalue weighted by Gasteiger charge is 2.20. The molecule has 0 radical (unpaired) electrons. The fourth-order valence-electron chi connectivity index (χ4n) is 5.44. The lowest BCUT2D eigenvalue weighted by Crippen LogP contribution is -2.43. The minimum Gasteiger partial charge on any atom is -0.367 e. The first-order chi connectivity index (χ1) is 18.6. The Hall–Kier alpha value is -4.56. The van der Waals surface area contributed by atoms with Gasteiger partial charge in [-0.3, -0.25) is 19.1 Å². The van der Waals surface area contributed by atoms with Crippen molar-refractivity contribution in [3.63, 3.8) is 0 Å². The van der Waals surface area contributed by atoms with E-state index >= 15 is 4.39 Å². The van der Waals surface area contributed by atoms with Crippen LogP contribution in [0.2, 0.25) is 0 Å². The molecular weight excluding hydrogens is 479 g/mol. The van der Waals surface area contributed by atoms with E-state index in [-0.39, 0.29) is 11.5 Å². The van der Waals surface area contributed by atoms with Crippen LogP contribution in [0.4, 0.5) is 10.1 Å². The molecule has 0 unspecified atom stereocenters. The Morgan fingerprint density at radius 2 is 1.68 bits per heavy atom. The highest BCUT2D eigenvalue weighted by Crippen LogP contribution is 2.31. The Morgan fingerprint density at radius 3 is 2.53 bits per heavy atom. The predicted molar refractivity (Wildman–Crippen MR) is 150 cm³/mol. The molecular formula is C30H25FN6O. The van der Waals surface area contributed by atoms with Crippen LogP contribution in [0.5, 0.6) is 0 Å². The SMILES string of the molecule is Cn1c(=O)n(-c2ccc(N3CCNCC3)c(F)c2)c2c3cc(-c4cnc5ccccc5c4)ccc3ncc21. The molecule has 188 valence electrons. The van der Waals surface area contributed by atoms with Crippen LogP contribution < -0.4 is 15.9 Å². The maximum atomic E-state index is 15.4. The van der Waals surface area contributed by atoms with Crippen molar-refractivity contribution < 1.29 is 4.39 Å². The number of nitrogens with zero attached hydrogens (tertiary/aromatic N) is 5. The third-order valence-electron chi connectivity index (χ3n) is 7.45. The van der Waals surface area contributed by atoms with E-state index in [1.165, 1.54) is 6.07 Å².